The first-order valence-corrected chi connectivity index (χ1v) is 5.84. The lowest BCUT2D eigenvalue weighted by molar-refractivity contribution is 0.691. The second-order valence-corrected chi connectivity index (χ2v) is 4.42. The third kappa shape index (κ3) is 2.01. The van der Waals surface area contributed by atoms with Crippen molar-refractivity contribution in [1.29, 1.82) is 0 Å². The average Bonchev–Trinajstić information content (AvgIpc) is 2.33. The van der Waals surface area contributed by atoms with Gasteiger partial charge in [0.2, 0.25) is 0 Å². The Balaban J connectivity index is 2.46. The molecule has 82 valence electrons. The van der Waals surface area contributed by atoms with Crippen LogP contribution in [0.15, 0.2) is 60.2 Å². The van der Waals surface area contributed by atoms with Gasteiger partial charge in [0.1, 0.15) is 0 Å². The van der Waals surface area contributed by atoms with Crippen molar-refractivity contribution in [3.05, 3.63) is 65.8 Å². The molecular formula is C16H18. The number of rotatable bonds is 1. The highest BCUT2D eigenvalue weighted by Crippen LogP contribution is 2.36. The number of allylic oxidation sites excluding steroid dienone is 5. The molecule has 1 aromatic carbocycles. The van der Waals surface area contributed by atoms with Crippen molar-refractivity contribution < 1.29 is 0 Å². The van der Waals surface area contributed by atoms with Crippen molar-refractivity contribution in [2.45, 2.75) is 20.3 Å². The third-order valence-corrected chi connectivity index (χ3v) is 3.27. The molecule has 1 aromatic rings. The summed E-state index contributed by atoms with van der Waals surface area (Å²) in [6.45, 7) is 8.58. The Bertz CT molecular complexity index is 446. The lowest BCUT2D eigenvalue weighted by Crippen LogP contribution is -2.07. The van der Waals surface area contributed by atoms with Gasteiger partial charge in [0.15, 0.2) is 0 Å². The molecule has 0 aliphatic heterocycles. The van der Waals surface area contributed by atoms with Crippen LogP contribution in [0.4, 0.5) is 0 Å². The smallest absolute Gasteiger partial charge is 0.0150 e. The Morgan fingerprint density at radius 3 is 2.56 bits per heavy atom. The zero-order chi connectivity index (χ0) is 11.5. The fraction of sp³-hybridized carbons (Fsp3) is 0.250. The van der Waals surface area contributed by atoms with Gasteiger partial charge in [-0.15, -0.1) is 0 Å². The van der Waals surface area contributed by atoms with Gasteiger partial charge in [-0.1, -0.05) is 61.6 Å². The summed E-state index contributed by atoms with van der Waals surface area (Å²) in [5.74, 6) is 0.548. The van der Waals surface area contributed by atoms with E-state index < -0.39 is 0 Å². The topological polar surface area (TPSA) is 0 Å². The summed E-state index contributed by atoms with van der Waals surface area (Å²) in [4.78, 5) is 0. The summed E-state index contributed by atoms with van der Waals surface area (Å²) < 4.78 is 0. The molecule has 2 rings (SSSR count). The van der Waals surface area contributed by atoms with Crippen molar-refractivity contribution in [2.24, 2.45) is 5.92 Å². The number of benzene rings is 1. The molecule has 0 N–H and O–H groups in total. The summed E-state index contributed by atoms with van der Waals surface area (Å²) in [6.07, 6.45) is 5.59. The van der Waals surface area contributed by atoms with E-state index in [9.17, 15) is 0 Å². The van der Waals surface area contributed by atoms with E-state index in [-0.39, 0.29) is 0 Å². The molecule has 0 radical (unpaired) electrons. The molecule has 1 atom stereocenters. The highest BCUT2D eigenvalue weighted by Gasteiger charge is 2.18. The first-order valence-electron chi connectivity index (χ1n) is 5.84. The van der Waals surface area contributed by atoms with Crippen LogP contribution in [0, 0.1) is 5.92 Å². The van der Waals surface area contributed by atoms with Gasteiger partial charge in [0.25, 0.3) is 0 Å². The molecule has 0 spiro atoms. The van der Waals surface area contributed by atoms with Gasteiger partial charge in [-0.3, -0.25) is 0 Å². The summed E-state index contributed by atoms with van der Waals surface area (Å²) in [5, 5.41) is 0. The largest absolute Gasteiger partial charge is 0.0949 e. The van der Waals surface area contributed by atoms with E-state index in [4.69, 9.17) is 0 Å². The lowest BCUT2D eigenvalue weighted by atomic mass is 9.80. The van der Waals surface area contributed by atoms with Gasteiger partial charge in [-0.25, -0.2) is 0 Å². The Hall–Kier alpha value is -1.56. The second kappa shape index (κ2) is 4.52. The summed E-state index contributed by atoms with van der Waals surface area (Å²) in [7, 11) is 0. The fourth-order valence-electron chi connectivity index (χ4n) is 2.17. The summed E-state index contributed by atoms with van der Waals surface area (Å²) >= 11 is 0. The van der Waals surface area contributed by atoms with Crippen LogP contribution in [-0.2, 0) is 0 Å². The van der Waals surface area contributed by atoms with E-state index in [0.29, 0.717) is 5.92 Å². The molecule has 0 saturated carbocycles. The van der Waals surface area contributed by atoms with Crippen molar-refractivity contribution >= 4 is 5.57 Å². The Kier molecular flexibility index (Phi) is 3.09. The van der Waals surface area contributed by atoms with Crippen LogP contribution in [0.5, 0.6) is 0 Å². The summed E-state index contributed by atoms with van der Waals surface area (Å²) in [5.41, 5.74) is 5.25. The molecule has 0 bridgehead atoms. The van der Waals surface area contributed by atoms with Crippen LogP contribution < -0.4 is 0 Å². The number of hydrogen-bond donors (Lipinski definition) is 0. The van der Waals surface area contributed by atoms with E-state index in [2.05, 4.69) is 62.9 Å². The second-order valence-electron chi connectivity index (χ2n) is 4.42. The fourth-order valence-corrected chi connectivity index (χ4v) is 2.17. The maximum atomic E-state index is 4.23. The SMILES string of the molecule is C=C1C(c2ccccc2)=C/C(=C/C)CC1C. The van der Waals surface area contributed by atoms with Gasteiger partial charge >= 0.3 is 0 Å². The normalized spacial score (nSPS) is 23.4. The van der Waals surface area contributed by atoms with Crippen LogP contribution in [0.1, 0.15) is 25.8 Å². The number of hydrogen-bond acceptors (Lipinski definition) is 0. The molecule has 0 heterocycles. The molecule has 1 aliphatic carbocycles. The molecule has 0 saturated heterocycles. The van der Waals surface area contributed by atoms with Gasteiger partial charge < -0.3 is 0 Å². The minimum Gasteiger partial charge on any atom is -0.0949 e. The Morgan fingerprint density at radius 1 is 1.25 bits per heavy atom. The van der Waals surface area contributed by atoms with E-state index in [1.54, 1.807) is 0 Å². The van der Waals surface area contributed by atoms with Gasteiger partial charge in [-0.2, -0.15) is 0 Å². The third-order valence-electron chi connectivity index (χ3n) is 3.27. The minimum absolute atomic E-state index is 0.548. The lowest BCUT2D eigenvalue weighted by Gasteiger charge is -2.24. The van der Waals surface area contributed by atoms with Gasteiger partial charge in [0.05, 0.1) is 0 Å². The van der Waals surface area contributed by atoms with Gasteiger partial charge in [-0.05, 0) is 36.0 Å². The molecular weight excluding hydrogens is 192 g/mol. The van der Waals surface area contributed by atoms with E-state index in [0.717, 1.165) is 6.42 Å². The molecule has 16 heavy (non-hydrogen) atoms. The van der Waals surface area contributed by atoms with E-state index >= 15 is 0 Å². The first kappa shape index (κ1) is 10.9. The minimum atomic E-state index is 0.548. The summed E-state index contributed by atoms with van der Waals surface area (Å²) in [6, 6.07) is 10.5. The molecule has 0 nitrogen and oxygen atoms in total. The van der Waals surface area contributed by atoms with Crippen molar-refractivity contribution in [1.82, 2.24) is 0 Å². The van der Waals surface area contributed by atoms with Crippen LogP contribution >= 0.6 is 0 Å². The van der Waals surface area contributed by atoms with Crippen molar-refractivity contribution in [3.63, 3.8) is 0 Å². The molecule has 1 aliphatic rings. The molecule has 0 heteroatoms. The maximum absolute atomic E-state index is 4.23. The van der Waals surface area contributed by atoms with E-state index in [1.807, 2.05) is 0 Å². The maximum Gasteiger partial charge on any atom is -0.0150 e. The zero-order valence-electron chi connectivity index (χ0n) is 10.0. The standard InChI is InChI=1S/C16H18/c1-4-14-10-12(2)13(3)16(11-14)15-8-6-5-7-9-15/h4-9,11-12H,3,10H2,1-2H3/b14-4+. The van der Waals surface area contributed by atoms with Crippen molar-refractivity contribution in [2.75, 3.05) is 0 Å². The van der Waals surface area contributed by atoms with Gasteiger partial charge in [0, 0.05) is 0 Å². The highest BCUT2D eigenvalue weighted by atomic mass is 14.2. The van der Waals surface area contributed by atoms with Crippen LogP contribution in [-0.4, -0.2) is 0 Å². The predicted octanol–water partition coefficient (Wildman–Crippen LogP) is 4.61. The Labute approximate surface area is 98.0 Å². The van der Waals surface area contributed by atoms with E-state index in [1.165, 1.54) is 22.3 Å². The van der Waals surface area contributed by atoms with Crippen LogP contribution in [0.2, 0.25) is 0 Å². The highest BCUT2D eigenvalue weighted by molar-refractivity contribution is 5.82. The monoisotopic (exact) mass is 210 g/mol. The quantitative estimate of drug-likeness (QED) is 0.635. The Morgan fingerprint density at radius 2 is 1.94 bits per heavy atom. The van der Waals surface area contributed by atoms with Crippen molar-refractivity contribution in [3.8, 4) is 0 Å². The molecule has 0 fully saturated rings. The average molecular weight is 210 g/mol. The van der Waals surface area contributed by atoms with Crippen LogP contribution in [0.25, 0.3) is 5.57 Å². The first-order chi connectivity index (χ1) is 7.72. The predicted molar refractivity (Wildman–Crippen MR) is 71.1 cm³/mol. The zero-order valence-corrected chi connectivity index (χ0v) is 10.0. The van der Waals surface area contributed by atoms with Crippen LogP contribution in [0.3, 0.4) is 0 Å². The molecule has 0 aromatic heterocycles. The molecule has 1 unspecified atom stereocenters. The molecule has 0 amide bonds.